The molecule has 14 N–H and O–H groups in total. The maximum atomic E-state index is 11.7. The number of carbonyl (C=O) groups excluding carboxylic acids is 16. The van der Waals surface area contributed by atoms with Crippen LogP contribution in [0.3, 0.4) is 0 Å². The summed E-state index contributed by atoms with van der Waals surface area (Å²) in [6.07, 6.45) is 3.65. The Kier molecular flexibility index (Phi) is 102. The van der Waals surface area contributed by atoms with Gasteiger partial charge in [-0.2, -0.15) is 11.8 Å². The number of amides is 4. The van der Waals surface area contributed by atoms with Gasteiger partial charge >= 0.3 is 41.8 Å². The summed E-state index contributed by atoms with van der Waals surface area (Å²) in [6, 6.07) is 0. The number of methoxy groups -OCH3 is 7. The molecule has 2 heterocycles. The molecule has 46 nitrogen and oxygen atoms in total. The van der Waals surface area contributed by atoms with Crippen molar-refractivity contribution in [1.29, 1.82) is 0 Å². The number of hydrogen-bond donors (Lipinski definition) is 14. The Labute approximate surface area is 858 Å². The summed E-state index contributed by atoms with van der Waals surface area (Å²) in [6.45, 7) is 1.71. The van der Waals surface area contributed by atoms with Crippen LogP contribution >= 0.6 is 76.5 Å². The largest absolute Gasteiger partial charge is 0.469 e. The number of carbonyl (C=O) groups is 16. The fraction of sp³-hybridized carbons (Fsp3) is 0.775. The van der Waals surface area contributed by atoms with Crippen molar-refractivity contribution in [3.05, 3.63) is 24.3 Å². The van der Waals surface area contributed by atoms with Crippen molar-refractivity contribution in [2.45, 2.75) is 241 Å². The van der Waals surface area contributed by atoms with Crippen LogP contribution in [0.15, 0.2) is 24.3 Å². The first-order chi connectivity index (χ1) is 66.8. The SMILES string of the molecule is C.CCC(=O)CCC(O)COCC(O)CC(=O)OC.COC(=O)CC(O)COCC(O)CCC(=O)CCN1C(=O)C=CC1=O.COC(=O)CC(O)COCC(O)CCC(=O)CCN1C(=O)C=CC1=O.COC(=O)CC(O)COCC(O)CCC(=O)CCSSC.COC(=O)CC(O)COCC(O)CCC(=O)CCSSC.COC(=O)CC(O)COCC(O)CSC.COC(=O)CC(O)COCC(O)CSSC. The molecule has 0 spiro atoms. The molecule has 0 aromatic heterocycles. The number of thioether (sulfide) groups is 1. The zero-order valence-electron chi connectivity index (χ0n) is 82.4. The van der Waals surface area contributed by atoms with Gasteiger partial charge in [0.1, 0.15) is 28.9 Å². The van der Waals surface area contributed by atoms with Crippen LogP contribution in [-0.2, 0) is 143 Å². The predicted octanol–water partition coefficient (Wildman–Crippen LogP) is 0.615. The van der Waals surface area contributed by atoms with Gasteiger partial charge in [0.25, 0.3) is 23.6 Å². The van der Waals surface area contributed by atoms with Crippen LogP contribution in [0.1, 0.15) is 156 Å². The lowest BCUT2D eigenvalue weighted by Gasteiger charge is -2.14. The molecule has 14 atom stereocenters. The molecule has 14 unspecified atom stereocenters. The molecule has 0 saturated carbocycles. The van der Waals surface area contributed by atoms with Gasteiger partial charge in [0, 0.05) is 125 Å². The number of nitrogens with zero attached hydrogens (tertiary/aromatic N) is 2. The average Bonchev–Trinajstić information content (AvgIpc) is 1.74. The van der Waals surface area contributed by atoms with Crippen molar-refractivity contribution in [3.63, 3.8) is 0 Å². The van der Waals surface area contributed by atoms with Crippen LogP contribution in [0.5, 0.6) is 0 Å². The highest BCUT2D eigenvalue weighted by atomic mass is 33.1. The van der Waals surface area contributed by atoms with E-state index < -0.39 is 151 Å². The third kappa shape index (κ3) is 95.0. The van der Waals surface area contributed by atoms with Gasteiger partial charge in [0.05, 0.1) is 273 Å². The number of aliphatic hydroxyl groups excluding tert-OH is 14. The summed E-state index contributed by atoms with van der Waals surface area (Å²) in [5, 5.41) is 133. The normalized spacial score (nSPS) is 14.7. The van der Waals surface area contributed by atoms with Crippen LogP contribution in [0.25, 0.3) is 0 Å². The Balaban J connectivity index is -0.000000382. The summed E-state index contributed by atoms with van der Waals surface area (Å²) in [4.78, 5) is 181. The first-order valence-electron chi connectivity index (χ1n) is 44.5. The van der Waals surface area contributed by atoms with Crippen LogP contribution in [0.2, 0.25) is 0 Å². The highest BCUT2D eigenvalue weighted by molar-refractivity contribution is 8.77. The molecular weight excluding hydrogens is 2030 g/mol. The van der Waals surface area contributed by atoms with Gasteiger partial charge in [-0.05, 0) is 57.1 Å². The van der Waals surface area contributed by atoms with Crippen molar-refractivity contribution in [1.82, 2.24) is 9.80 Å². The molecule has 53 heteroatoms. The van der Waals surface area contributed by atoms with E-state index in [1.54, 1.807) is 60.9 Å². The highest BCUT2D eigenvalue weighted by Gasteiger charge is 2.27. The van der Waals surface area contributed by atoms with E-state index in [1.807, 2.05) is 25.0 Å². The van der Waals surface area contributed by atoms with E-state index in [2.05, 4.69) is 33.2 Å². The molecule has 2 rings (SSSR count). The first kappa shape index (κ1) is 147. The topological polar surface area (TPSA) is 692 Å². The molecule has 2 aliphatic heterocycles. The van der Waals surface area contributed by atoms with Gasteiger partial charge in [0.15, 0.2) is 0 Å². The average molecular weight is 2180 g/mol. The minimum Gasteiger partial charge on any atom is -0.469 e. The zero-order chi connectivity index (χ0) is 108. The summed E-state index contributed by atoms with van der Waals surface area (Å²) in [5.74, 6) is -2.63. The van der Waals surface area contributed by atoms with E-state index in [0.29, 0.717) is 69.3 Å². The summed E-state index contributed by atoms with van der Waals surface area (Å²) < 4.78 is 66.3. The monoisotopic (exact) mass is 2180 g/mol. The first-order valence-corrected chi connectivity index (χ1v) is 54.1. The van der Waals surface area contributed by atoms with Crippen molar-refractivity contribution in [2.24, 2.45) is 0 Å². The molecule has 0 aromatic carbocycles. The van der Waals surface area contributed by atoms with E-state index in [4.69, 9.17) is 33.2 Å². The molecule has 0 saturated heterocycles. The second kappa shape index (κ2) is 98.4. The molecule has 0 bridgehead atoms. The van der Waals surface area contributed by atoms with Crippen LogP contribution in [0, 0.1) is 0 Å². The number of esters is 7. The van der Waals surface area contributed by atoms with Crippen LogP contribution in [-0.4, -0.2) is 464 Å². The summed E-state index contributed by atoms with van der Waals surface area (Å²) >= 11 is 1.52. The van der Waals surface area contributed by atoms with Crippen LogP contribution in [0.4, 0.5) is 0 Å². The van der Waals surface area contributed by atoms with Crippen molar-refractivity contribution in [2.75, 3.05) is 203 Å². The number of imide groups is 2. The van der Waals surface area contributed by atoms with Crippen molar-refractivity contribution in [3.8, 4) is 0 Å². The Morgan fingerprint density at radius 2 is 0.444 bits per heavy atom. The minimum absolute atomic E-state index is 0. The van der Waals surface area contributed by atoms with Gasteiger partial charge in [-0.1, -0.05) is 79.1 Å². The molecule has 0 radical (unpaired) electrons. The molecule has 828 valence electrons. The summed E-state index contributed by atoms with van der Waals surface area (Å²) in [5.41, 5.74) is 0. The van der Waals surface area contributed by atoms with Crippen LogP contribution < -0.4 is 0 Å². The molecule has 0 aromatic rings. The maximum absolute atomic E-state index is 11.7. The van der Waals surface area contributed by atoms with Gasteiger partial charge in [-0.3, -0.25) is 86.5 Å². The fourth-order valence-electron chi connectivity index (χ4n) is 10.1. The third-order valence-electron chi connectivity index (χ3n) is 17.9. The molecule has 142 heavy (non-hydrogen) atoms. The standard InChI is InChI=1S/2C16H23NO8.2C13H24O6S2.C12H22O6.C9H18O5S2.C9H18O5S.CH4/c2*1-24-16(23)8-13(20)10-25-9-12(19)3-2-11(18)6-7-17-14(21)4-5-15(17)22;2*1-18-13(17)7-12(16)9-19-8-11(15)4-3-10(14)5-6-21-20-2;1-3-9(13)4-5-10(14)7-18-8-11(15)6-12(16)17-2;1-13-9(12)3-7(10)4-14-5-8(11)6-16-15-2;1-13-9(12)3-7(10)4-14-5-8(11)6-15-2;/h2*4-5,12-13,19-20H,2-3,6-10H2,1H3;2*11-12,15-16H,3-9H2,1-2H3;10-11,14-15H,3-8H2,1-2H3;7-8,10-11H,3-6H2,1-2H3;7-8,10-11H,3-6H2,1-2H3;1H4. The number of aliphatic hydroxyl groups is 14. The smallest absolute Gasteiger partial charge is 0.308 e. The van der Waals surface area contributed by atoms with Crippen molar-refractivity contribution >= 4 is 171 Å². The van der Waals surface area contributed by atoms with E-state index >= 15 is 0 Å². The fourth-order valence-corrected chi connectivity index (χ4v) is 14.3. The highest BCUT2D eigenvalue weighted by Crippen LogP contribution is 2.21. The quantitative estimate of drug-likeness (QED) is 0.0130. The number of hydrogen-bond acceptors (Lipinski definition) is 51. The third-order valence-corrected chi connectivity index (χ3v) is 24.1. The van der Waals surface area contributed by atoms with Gasteiger partial charge in [-0.15, -0.1) is 0 Å². The van der Waals surface area contributed by atoms with Crippen molar-refractivity contribution < 1.29 is 215 Å². The zero-order valence-corrected chi connectivity index (χ0v) is 88.1. The molecular formula is C89H156N2O44S7. The number of Topliss-reactive ketones (excluding diaryl/α,β-unsaturated/α-hetero) is 5. The van der Waals surface area contributed by atoms with Gasteiger partial charge in [-0.25, -0.2) is 0 Å². The summed E-state index contributed by atoms with van der Waals surface area (Å²) in [7, 11) is 18.3. The second-order valence-electron chi connectivity index (χ2n) is 30.3. The number of ketones is 5. The number of rotatable bonds is 77. The lowest BCUT2D eigenvalue weighted by atomic mass is 10.1. The van der Waals surface area contributed by atoms with Gasteiger partial charge in [0.2, 0.25) is 0 Å². The second-order valence-corrected chi connectivity index (χ2v) is 39.2. The Bertz CT molecular complexity index is 3290. The predicted molar refractivity (Wildman–Crippen MR) is 531 cm³/mol. The minimum atomic E-state index is -1.02. The Hall–Kier alpha value is -5.99. The Morgan fingerprint density at radius 1 is 0.261 bits per heavy atom. The van der Waals surface area contributed by atoms with E-state index in [1.165, 1.54) is 72.3 Å². The van der Waals surface area contributed by atoms with Gasteiger partial charge < -0.3 is 138 Å². The van der Waals surface area contributed by atoms with E-state index in [-0.39, 0.29) is 225 Å². The molecule has 0 aliphatic carbocycles. The molecule has 0 fully saturated rings. The van der Waals surface area contributed by atoms with E-state index in [9.17, 15) is 148 Å². The Morgan fingerprint density at radius 3 is 0.634 bits per heavy atom. The molecule has 4 amide bonds. The van der Waals surface area contributed by atoms with E-state index in [0.717, 1.165) is 45.6 Å². The number of ether oxygens (including phenoxy) is 14. The lowest BCUT2D eigenvalue weighted by Crippen LogP contribution is -2.32. The lowest BCUT2D eigenvalue weighted by molar-refractivity contribution is -0.144. The maximum Gasteiger partial charge on any atom is 0.308 e. The molecule has 2 aliphatic rings.